The van der Waals surface area contributed by atoms with Crippen molar-refractivity contribution in [3.05, 3.63) is 96.4 Å². The molecular weight excluding hydrogens is 788 g/mol. The van der Waals surface area contributed by atoms with Crippen LogP contribution in [0.1, 0.15) is 133 Å². The van der Waals surface area contributed by atoms with Crippen LogP contribution in [-0.2, 0) is 20.9 Å². The largest absolute Gasteiger partial charge is 0.490 e. The number of rotatable bonds is 29. The second kappa shape index (κ2) is 25.8. The summed E-state index contributed by atoms with van der Waals surface area (Å²) in [5.41, 5.74) is 3.31. The lowest BCUT2D eigenvalue weighted by atomic mass is 9.55. The summed E-state index contributed by atoms with van der Waals surface area (Å²) in [4.78, 5) is 22.0. The van der Waals surface area contributed by atoms with Gasteiger partial charge >= 0.3 is 6.09 Å². The van der Waals surface area contributed by atoms with Gasteiger partial charge in [-0.05, 0) is 85.4 Å². The van der Waals surface area contributed by atoms with Crippen LogP contribution < -0.4 is 9.47 Å². The maximum atomic E-state index is 14.7. The number of fused-ring (bicyclic) bond motifs is 2. The van der Waals surface area contributed by atoms with E-state index in [1.165, 1.54) is 64.2 Å². The first-order chi connectivity index (χ1) is 30.3. The highest BCUT2D eigenvalue weighted by atomic mass is 19.1. The number of amides is 1. The maximum absolute atomic E-state index is 14.7. The van der Waals surface area contributed by atoms with Gasteiger partial charge in [0.25, 0.3) is 0 Å². The number of carbonyl (C=O) groups is 1. The van der Waals surface area contributed by atoms with Gasteiger partial charge in [0, 0.05) is 37.7 Å². The van der Waals surface area contributed by atoms with E-state index in [4.69, 9.17) is 23.8 Å². The molecule has 0 aromatic heterocycles. The summed E-state index contributed by atoms with van der Waals surface area (Å²) in [6.45, 7) is 11.1. The Kier molecular flexibility index (Phi) is 20.3. The van der Waals surface area contributed by atoms with Crippen molar-refractivity contribution < 1.29 is 43.2 Å². The van der Waals surface area contributed by atoms with Crippen molar-refractivity contribution in [3.63, 3.8) is 0 Å². The molecule has 342 valence electrons. The van der Waals surface area contributed by atoms with E-state index in [1.807, 2.05) is 12.1 Å². The number of allylic oxidation sites excluding steroid dienone is 1. The summed E-state index contributed by atoms with van der Waals surface area (Å²) in [6, 6.07) is 11.3. The first-order valence-corrected chi connectivity index (χ1v) is 23.4. The average molecular weight is 861 g/mol. The third kappa shape index (κ3) is 12.7. The van der Waals surface area contributed by atoms with Crippen LogP contribution in [0.25, 0.3) is 0 Å². The van der Waals surface area contributed by atoms with Gasteiger partial charge in [0.1, 0.15) is 37.1 Å². The molecule has 2 aromatic carbocycles. The third-order valence-corrected chi connectivity index (χ3v) is 12.8. The van der Waals surface area contributed by atoms with Crippen molar-refractivity contribution in [2.45, 2.75) is 140 Å². The van der Waals surface area contributed by atoms with Gasteiger partial charge in [-0.3, -0.25) is 4.90 Å². The normalized spacial score (nSPS) is 23.1. The van der Waals surface area contributed by atoms with Crippen LogP contribution >= 0.6 is 0 Å². The second-order valence-corrected chi connectivity index (χ2v) is 17.1. The molecule has 1 saturated carbocycles. The molecule has 5 rings (SSSR count). The molecule has 62 heavy (non-hydrogen) atoms. The topological polar surface area (TPSA) is 119 Å². The van der Waals surface area contributed by atoms with Gasteiger partial charge in [-0.2, -0.15) is 0 Å². The van der Waals surface area contributed by atoms with Crippen molar-refractivity contribution >= 4 is 11.8 Å². The molecule has 1 heterocycles. The molecule has 6 atom stereocenters. The zero-order valence-electron chi connectivity index (χ0n) is 37.5. The van der Waals surface area contributed by atoms with E-state index in [-0.39, 0.29) is 63.0 Å². The number of oxime groups is 1. The number of ether oxygens (including phenoxy) is 4. The van der Waals surface area contributed by atoms with Crippen LogP contribution in [0.3, 0.4) is 0 Å². The molecule has 3 aliphatic rings. The molecule has 1 amide bonds. The monoisotopic (exact) mass is 861 g/mol. The summed E-state index contributed by atoms with van der Waals surface area (Å²) in [7, 11) is 1.53. The van der Waals surface area contributed by atoms with Gasteiger partial charge in [-0.1, -0.05) is 120 Å². The third-order valence-electron chi connectivity index (χ3n) is 12.8. The smallest absolute Gasteiger partial charge is 0.410 e. The quantitative estimate of drug-likeness (QED) is 0.0471. The first kappa shape index (κ1) is 48.8. The van der Waals surface area contributed by atoms with Crippen molar-refractivity contribution in [3.8, 4) is 11.5 Å². The van der Waals surface area contributed by atoms with Crippen LogP contribution in [0, 0.1) is 23.6 Å². The van der Waals surface area contributed by atoms with Crippen molar-refractivity contribution in [1.82, 2.24) is 4.90 Å². The van der Waals surface area contributed by atoms with Gasteiger partial charge in [0.15, 0.2) is 0 Å². The van der Waals surface area contributed by atoms with Gasteiger partial charge in [-0.25, -0.2) is 9.18 Å². The average Bonchev–Trinajstić information content (AvgIpc) is 3.28. The Morgan fingerprint density at radius 2 is 1.58 bits per heavy atom. The van der Waals surface area contributed by atoms with Crippen LogP contribution in [0.15, 0.2) is 84.6 Å². The number of unbranched alkanes of at least 4 members (excludes halogenated alkanes) is 11. The minimum atomic E-state index is -1.45. The lowest BCUT2D eigenvalue weighted by Gasteiger charge is -2.59. The number of carbonyl (C=O) groups excluding carboxylic acids is 1. The fourth-order valence-corrected chi connectivity index (χ4v) is 9.92. The fourth-order valence-electron chi connectivity index (χ4n) is 9.92. The molecule has 6 unspecified atom stereocenters. The molecule has 0 bridgehead atoms. The van der Waals surface area contributed by atoms with Crippen LogP contribution in [0.2, 0.25) is 0 Å². The van der Waals surface area contributed by atoms with Crippen LogP contribution in [0.4, 0.5) is 9.18 Å². The summed E-state index contributed by atoms with van der Waals surface area (Å²) in [6.07, 6.45) is 21.7. The van der Waals surface area contributed by atoms with E-state index in [0.717, 1.165) is 61.6 Å². The van der Waals surface area contributed by atoms with E-state index in [1.54, 1.807) is 29.2 Å². The number of nitrogens with zero attached hydrogens (tertiary/aromatic N) is 2. The maximum Gasteiger partial charge on any atom is 0.410 e. The molecule has 0 radical (unpaired) electrons. The van der Waals surface area contributed by atoms with E-state index in [0.29, 0.717) is 36.7 Å². The summed E-state index contributed by atoms with van der Waals surface area (Å²) >= 11 is 0. The number of aliphatic hydroxyl groups excluding tert-OH is 2. The van der Waals surface area contributed by atoms with E-state index in [2.05, 4.69) is 37.4 Å². The molecule has 11 heteroatoms. The minimum Gasteiger partial charge on any atom is -0.490 e. The lowest BCUT2D eigenvalue weighted by molar-refractivity contribution is -0.256. The second-order valence-electron chi connectivity index (χ2n) is 17.1. The number of hydrogen-bond donors (Lipinski definition) is 2. The molecule has 2 aliphatic carbocycles. The number of hydrogen-bond acceptors (Lipinski definition) is 9. The summed E-state index contributed by atoms with van der Waals surface area (Å²) in [5.74, 6) is -1.03. The summed E-state index contributed by atoms with van der Waals surface area (Å²) in [5, 5.41) is 24.4. The van der Waals surface area contributed by atoms with E-state index < -0.39 is 23.8 Å². The fraction of sp³-hybridized carbons (Fsp3) is 0.608. The Labute approximate surface area is 370 Å². The van der Waals surface area contributed by atoms with Gasteiger partial charge in [0.05, 0.1) is 24.8 Å². The highest BCUT2D eigenvalue weighted by Crippen LogP contribution is 2.62. The molecule has 10 nitrogen and oxygen atoms in total. The van der Waals surface area contributed by atoms with Gasteiger partial charge in [0.2, 0.25) is 5.79 Å². The summed E-state index contributed by atoms with van der Waals surface area (Å²) < 4.78 is 40.9. The highest BCUT2D eigenvalue weighted by Gasteiger charge is 2.65. The van der Waals surface area contributed by atoms with Gasteiger partial charge < -0.3 is 34.0 Å². The van der Waals surface area contributed by atoms with Crippen LogP contribution in [-0.4, -0.2) is 78.9 Å². The Balaban J connectivity index is 1.59. The first-order valence-electron chi connectivity index (χ1n) is 23.4. The zero-order valence-corrected chi connectivity index (χ0v) is 37.5. The molecular formula is C51H73FN2O8. The lowest BCUT2D eigenvalue weighted by Crippen LogP contribution is -2.70. The van der Waals surface area contributed by atoms with Crippen molar-refractivity contribution in [2.24, 2.45) is 22.9 Å². The minimum absolute atomic E-state index is 0.0642. The van der Waals surface area contributed by atoms with E-state index >= 15 is 0 Å². The molecule has 1 aliphatic heterocycles. The SMILES string of the molecule is C=CCOc1ccc2c(c1)C1C(CCCCO)C(CCCCO)C=C3C(=NOC)CC(N(Cc4ccc(F)cc4)C(=O)OCCCCCCCCCCCC)C(OCC=C)(O2)C31. The Hall–Kier alpha value is -4.19. The standard InChI is InChI=1S/C51H73FN2O8/c1-5-8-9-10-11-12-13-14-15-20-33-60-50(57)54(37-38-23-25-40(52)26-24-38)47-36-45(53-58-4)43-34-39(21-16-18-29-55)42(22-17-19-30-56)48-44-35-41(59-31-6-2)27-28-46(44)62-51(47,49(43)48)61-32-7-3/h6-7,23-28,34-35,39,42,47-49,55-56H,2-3,5,8-22,29-33,36-37H2,1,4H3. The highest BCUT2D eigenvalue weighted by molar-refractivity contribution is 6.03. The van der Waals surface area contributed by atoms with E-state index in [9.17, 15) is 19.4 Å². The number of benzene rings is 2. The van der Waals surface area contributed by atoms with Crippen molar-refractivity contribution in [2.75, 3.05) is 40.1 Å². The number of halogens is 1. The Morgan fingerprint density at radius 1 is 0.903 bits per heavy atom. The van der Waals surface area contributed by atoms with Crippen LogP contribution in [0.5, 0.6) is 11.5 Å². The molecule has 2 aromatic rings. The van der Waals surface area contributed by atoms with Gasteiger partial charge in [-0.15, -0.1) is 6.58 Å². The molecule has 0 spiro atoms. The predicted octanol–water partition coefficient (Wildman–Crippen LogP) is 11.2. The van der Waals surface area contributed by atoms with Crippen molar-refractivity contribution in [1.29, 1.82) is 0 Å². The molecule has 1 fully saturated rings. The predicted molar refractivity (Wildman–Crippen MR) is 243 cm³/mol. The zero-order chi connectivity index (χ0) is 44.2. The molecule has 2 N–H and O–H groups in total. The molecule has 0 saturated heterocycles. The number of aliphatic hydroxyl groups is 2. The Bertz CT molecular complexity index is 1750. The Morgan fingerprint density at radius 3 is 2.24 bits per heavy atom.